The van der Waals surface area contributed by atoms with Crippen LogP contribution in [0, 0.1) is 0 Å². The van der Waals surface area contributed by atoms with Crippen molar-refractivity contribution in [2.45, 2.75) is 63.9 Å². The number of carboxylic acid groups (broad SMARTS) is 1. The number of piperidine rings is 1. The molecule has 37 heavy (non-hydrogen) atoms. The van der Waals surface area contributed by atoms with Crippen LogP contribution in [0.5, 0.6) is 5.75 Å². The Morgan fingerprint density at radius 3 is 2.27 bits per heavy atom. The van der Waals surface area contributed by atoms with Gasteiger partial charge in [-0.3, -0.25) is 0 Å². The SMILES string of the molecule is CNc1nc(N)nc2cc(-c3ccccc3OC3CC(C)(C)NC(C)(C)C3)ccc12.O=C(O)C(F)(F)F. The number of benzene rings is 2. The van der Waals surface area contributed by atoms with Crippen molar-refractivity contribution in [2.75, 3.05) is 18.1 Å². The third-order valence-electron chi connectivity index (χ3n) is 5.84. The van der Waals surface area contributed by atoms with E-state index in [2.05, 4.69) is 66.5 Å². The molecule has 1 aliphatic heterocycles. The fourth-order valence-corrected chi connectivity index (χ4v) is 4.81. The highest BCUT2D eigenvalue weighted by Gasteiger charge is 2.39. The van der Waals surface area contributed by atoms with E-state index in [9.17, 15) is 13.2 Å². The van der Waals surface area contributed by atoms with E-state index in [0.717, 1.165) is 46.4 Å². The predicted molar refractivity (Wildman–Crippen MR) is 138 cm³/mol. The lowest BCUT2D eigenvalue weighted by molar-refractivity contribution is -0.192. The van der Waals surface area contributed by atoms with E-state index < -0.39 is 12.1 Å². The molecule has 0 spiro atoms. The molecule has 0 aliphatic carbocycles. The van der Waals surface area contributed by atoms with Gasteiger partial charge in [0.2, 0.25) is 5.95 Å². The van der Waals surface area contributed by atoms with E-state index >= 15 is 0 Å². The lowest BCUT2D eigenvalue weighted by Crippen LogP contribution is -2.60. The summed E-state index contributed by atoms with van der Waals surface area (Å²) in [5.41, 5.74) is 8.87. The number of fused-ring (bicyclic) bond motifs is 1. The van der Waals surface area contributed by atoms with Gasteiger partial charge in [-0.25, -0.2) is 9.78 Å². The molecule has 0 atom stereocenters. The lowest BCUT2D eigenvalue weighted by atomic mass is 9.81. The van der Waals surface area contributed by atoms with Crippen molar-refractivity contribution in [3.05, 3.63) is 42.5 Å². The Kier molecular flexibility index (Phi) is 7.87. The molecule has 11 heteroatoms. The summed E-state index contributed by atoms with van der Waals surface area (Å²) in [5.74, 6) is -0.876. The molecule has 0 bridgehead atoms. The molecule has 5 N–H and O–H groups in total. The Balaban J connectivity index is 0.000000479. The van der Waals surface area contributed by atoms with Gasteiger partial charge in [0.1, 0.15) is 17.7 Å². The van der Waals surface area contributed by atoms with Gasteiger partial charge in [0.25, 0.3) is 0 Å². The summed E-state index contributed by atoms with van der Waals surface area (Å²) in [6, 6.07) is 14.4. The fourth-order valence-electron chi connectivity index (χ4n) is 4.81. The van der Waals surface area contributed by atoms with Gasteiger partial charge in [-0.15, -0.1) is 0 Å². The van der Waals surface area contributed by atoms with Crippen molar-refractivity contribution in [3.8, 4) is 16.9 Å². The largest absolute Gasteiger partial charge is 0.490 e. The van der Waals surface area contributed by atoms with Gasteiger partial charge < -0.3 is 26.2 Å². The number of nitrogens with two attached hydrogens (primary N) is 1. The van der Waals surface area contributed by atoms with Crippen LogP contribution in [0.2, 0.25) is 0 Å². The van der Waals surface area contributed by atoms with Crippen LogP contribution in [0.1, 0.15) is 40.5 Å². The van der Waals surface area contributed by atoms with E-state index in [0.29, 0.717) is 0 Å². The first-order chi connectivity index (χ1) is 17.1. The van der Waals surface area contributed by atoms with Crippen molar-refractivity contribution < 1.29 is 27.8 Å². The molecule has 1 aliphatic rings. The first-order valence-corrected chi connectivity index (χ1v) is 11.7. The van der Waals surface area contributed by atoms with Crippen LogP contribution in [0.15, 0.2) is 42.5 Å². The van der Waals surface area contributed by atoms with Gasteiger partial charge in [-0.2, -0.15) is 18.2 Å². The number of carboxylic acids is 1. The predicted octanol–water partition coefficient (Wildman–Crippen LogP) is 5.24. The Morgan fingerprint density at radius 1 is 1.11 bits per heavy atom. The number of anilines is 2. The maximum atomic E-state index is 10.6. The van der Waals surface area contributed by atoms with Crippen LogP contribution in [0.4, 0.5) is 24.9 Å². The minimum Gasteiger partial charge on any atom is -0.490 e. The zero-order valence-electron chi connectivity index (χ0n) is 21.4. The number of halogens is 3. The van der Waals surface area contributed by atoms with E-state index in [4.69, 9.17) is 20.4 Å². The van der Waals surface area contributed by atoms with Crippen molar-refractivity contribution in [2.24, 2.45) is 0 Å². The monoisotopic (exact) mass is 519 g/mol. The van der Waals surface area contributed by atoms with Gasteiger partial charge >= 0.3 is 12.1 Å². The van der Waals surface area contributed by atoms with Gasteiger partial charge in [0.05, 0.1) is 5.52 Å². The minimum absolute atomic E-state index is 0.0301. The van der Waals surface area contributed by atoms with Crippen LogP contribution < -0.4 is 21.1 Å². The number of carbonyl (C=O) groups is 1. The van der Waals surface area contributed by atoms with Gasteiger partial charge in [-0.1, -0.05) is 24.3 Å². The maximum Gasteiger partial charge on any atom is 0.490 e. The van der Waals surface area contributed by atoms with E-state index in [1.165, 1.54) is 0 Å². The summed E-state index contributed by atoms with van der Waals surface area (Å²) in [6.45, 7) is 8.96. The highest BCUT2D eigenvalue weighted by atomic mass is 19.4. The lowest BCUT2D eigenvalue weighted by Gasteiger charge is -2.46. The van der Waals surface area contributed by atoms with E-state index in [1.54, 1.807) is 0 Å². The highest BCUT2D eigenvalue weighted by Crippen LogP contribution is 2.37. The van der Waals surface area contributed by atoms with E-state index in [-0.39, 0.29) is 23.1 Å². The Morgan fingerprint density at radius 2 is 1.70 bits per heavy atom. The van der Waals surface area contributed by atoms with Gasteiger partial charge in [0, 0.05) is 41.9 Å². The third-order valence-corrected chi connectivity index (χ3v) is 5.84. The van der Waals surface area contributed by atoms with Crippen molar-refractivity contribution in [3.63, 3.8) is 0 Å². The standard InChI is InChI=1S/C24H31N5O.C2HF3O2/c1-23(2)13-16(14-24(3,4)29-23)30-20-9-7-6-8-17(20)15-10-11-18-19(12-15)27-22(25)28-21(18)26-5;3-2(4,5)1(6)7/h6-12,16,29H,13-14H2,1-5H3,(H3,25,26,27,28);(H,6,7). The molecule has 1 saturated heterocycles. The average Bonchev–Trinajstić information content (AvgIpc) is 2.76. The molecule has 1 fully saturated rings. The fraction of sp³-hybridized carbons (Fsp3) is 0.423. The molecular weight excluding hydrogens is 487 g/mol. The number of para-hydroxylation sites is 1. The molecule has 0 amide bonds. The molecular formula is C26H32F3N5O3. The van der Waals surface area contributed by atoms with E-state index in [1.807, 2.05) is 31.3 Å². The molecule has 0 unspecified atom stereocenters. The number of ether oxygens (including phenoxy) is 1. The average molecular weight is 520 g/mol. The van der Waals surface area contributed by atoms with Crippen LogP contribution in [-0.4, -0.2) is 51.4 Å². The zero-order chi connectivity index (χ0) is 27.6. The number of aromatic nitrogens is 2. The quantitative estimate of drug-likeness (QED) is 0.369. The molecule has 3 aromatic rings. The van der Waals surface area contributed by atoms with Crippen LogP contribution in [0.3, 0.4) is 0 Å². The molecule has 1 aromatic heterocycles. The maximum absolute atomic E-state index is 10.6. The number of nitrogen functional groups attached to an aromatic ring is 1. The summed E-state index contributed by atoms with van der Waals surface area (Å²) in [4.78, 5) is 17.6. The number of hydrogen-bond donors (Lipinski definition) is 4. The smallest absolute Gasteiger partial charge is 0.490 e. The molecule has 4 rings (SSSR count). The molecule has 8 nitrogen and oxygen atoms in total. The third kappa shape index (κ3) is 7.22. The first kappa shape index (κ1) is 28.0. The summed E-state index contributed by atoms with van der Waals surface area (Å²) in [7, 11) is 1.83. The second kappa shape index (κ2) is 10.4. The molecule has 0 radical (unpaired) electrons. The number of rotatable bonds is 4. The number of nitrogens with zero attached hydrogens (tertiary/aromatic N) is 2. The molecule has 0 saturated carbocycles. The normalized spacial score (nSPS) is 17.0. The van der Waals surface area contributed by atoms with Gasteiger partial charge in [-0.05, 0) is 51.5 Å². The van der Waals surface area contributed by atoms with Gasteiger partial charge in [0.15, 0.2) is 0 Å². The summed E-state index contributed by atoms with van der Waals surface area (Å²) in [6.07, 6.45) is -3.03. The van der Waals surface area contributed by atoms with Crippen molar-refractivity contribution >= 4 is 28.6 Å². The molecule has 2 heterocycles. The Bertz CT molecular complexity index is 1260. The minimum atomic E-state index is -5.08. The molecule has 2 aromatic carbocycles. The van der Waals surface area contributed by atoms with Crippen LogP contribution in [-0.2, 0) is 4.79 Å². The number of hydrogen-bond acceptors (Lipinski definition) is 7. The Hall–Kier alpha value is -3.60. The number of nitrogens with one attached hydrogen (secondary N) is 2. The number of aliphatic carboxylic acids is 1. The van der Waals surface area contributed by atoms with Crippen molar-refractivity contribution in [1.82, 2.24) is 15.3 Å². The second-order valence-corrected chi connectivity index (χ2v) is 10.3. The summed E-state index contributed by atoms with van der Waals surface area (Å²) in [5, 5.41) is 14.9. The van der Waals surface area contributed by atoms with Crippen molar-refractivity contribution in [1.29, 1.82) is 0 Å². The van der Waals surface area contributed by atoms with Crippen LogP contribution in [0.25, 0.3) is 22.0 Å². The first-order valence-electron chi connectivity index (χ1n) is 11.7. The number of alkyl halides is 3. The van der Waals surface area contributed by atoms with Crippen LogP contribution >= 0.6 is 0 Å². The summed E-state index contributed by atoms with van der Waals surface area (Å²) < 4.78 is 38.3. The topological polar surface area (TPSA) is 122 Å². The Labute approximate surface area is 213 Å². The molecule has 200 valence electrons. The summed E-state index contributed by atoms with van der Waals surface area (Å²) >= 11 is 0. The second-order valence-electron chi connectivity index (χ2n) is 10.3. The zero-order valence-corrected chi connectivity index (χ0v) is 21.4. The highest BCUT2D eigenvalue weighted by molar-refractivity contribution is 5.93.